The number of benzene rings is 6. The first kappa shape index (κ1) is 56.6. The molecule has 10 nitrogen and oxygen atoms in total. The van der Waals surface area contributed by atoms with Gasteiger partial charge in [-0.3, -0.25) is 19.2 Å². The number of amides is 3. The van der Waals surface area contributed by atoms with Crippen molar-refractivity contribution in [1.29, 1.82) is 0 Å². The molecule has 0 radical (unpaired) electrons. The summed E-state index contributed by atoms with van der Waals surface area (Å²) < 4.78 is 3.81. The van der Waals surface area contributed by atoms with Crippen LogP contribution in [0, 0.1) is 5.92 Å². The number of carbonyl (C=O) groups excluding carboxylic acids is 4. The second kappa shape index (κ2) is 28.7. The van der Waals surface area contributed by atoms with Gasteiger partial charge in [0.25, 0.3) is 0 Å². The molecule has 0 aromatic heterocycles. The molecular formula is C62H69N3O7S2. The normalized spacial score (nSPS) is 14.1. The van der Waals surface area contributed by atoms with E-state index in [-0.39, 0.29) is 31.1 Å². The van der Waals surface area contributed by atoms with Gasteiger partial charge in [0.2, 0.25) is 17.7 Å². The predicted molar refractivity (Wildman–Crippen MR) is 300 cm³/mol. The fourth-order valence-corrected chi connectivity index (χ4v) is 12.1. The van der Waals surface area contributed by atoms with Crippen molar-refractivity contribution in [3.8, 4) is 0 Å². The molecule has 0 saturated carbocycles. The Kier molecular flexibility index (Phi) is 21.9. The minimum atomic E-state index is -1.30. The van der Waals surface area contributed by atoms with E-state index in [4.69, 9.17) is 4.74 Å². The molecular weight excluding hydrogens is 963 g/mol. The molecule has 5 N–H and O–H groups in total. The summed E-state index contributed by atoms with van der Waals surface area (Å²) in [6, 6.07) is 58.0. The predicted octanol–water partition coefficient (Wildman–Crippen LogP) is 10.1. The average molecular weight is 1030 g/mol. The summed E-state index contributed by atoms with van der Waals surface area (Å²) in [6.45, 7) is 8.87. The summed E-state index contributed by atoms with van der Waals surface area (Å²) in [5, 5.41) is 31.0. The maximum atomic E-state index is 14.7. The fourth-order valence-electron chi connectivity index (χ4n) is 9.03. The van der Waals surface area contributed by atoms with E-state index in [2.05, 4.69) is 95.3 Å². The van der Waals surface area contributed by atoms with Gasteiger partial charge in [-0.1, -0.05) is 227 Å². The molecule has 0 heterocycles. The molecule has 0 bridgehead atoms. The first-order valence-corrected chi connectivity index (χ1v) is 27.2. The van der Waals surface area contributed by atoms with Crippen LogP contribution in [0.4, 0.5) is 0 Å². The van der Waals surface area contributed by atoms with Gasteiger partial charge in [-0.15, -0.1) is 23.5 Å². The van der Waals surface area contributed by atoms with E-state index in [1.54, 1.807) is 17.8 Å². The number of ether oxygens (including phenoxy) is 1. The van der Waals surface area contributed by atoms with Crippen LogP contribution < -0.4 is 16.0 Å². The number of esters is 1. The Balaban J connectivity index is 1.17. The zero-order chi connectivity index (χ0) is 52.8. The third-order valence-corrected chi connectivity index (χ3v) is 16.2. The molecule has 0 spiro atoms. The molecule has 6 rings (SSSR count). The Labute approximate surface area is 445 Å². The highest BCUT2D eigenvalue weighted by Gasteiger charge is 2.40. The molecule has 0 aliphatic heterocycles. The number of nitrogens with one attached hydrogen (secondary N) is 3. The van der Waals surface area contributed by atoms with Gasteiger partial charge in [0.1, 0.15) is 18.7 Å². The summed E-state index contributed by atoms with van der Waals surface area (Å²) >= 11 is 3.27. The Morgan fingerprint density at radius 2 is 1.01 bits per heavy atom. The quantitative estimate of drug-likeness (QED) is 0.0140. The van der Waals surface area contributed by atoms with Crippen LogP contribution in [0.2, 0.25) is 0 Å². The fraction of sp³-hybridized carbons (Fsp3) is 0.290. The van der Waals surface area contributed by atoms with Crippen LogP contribution >= 0.6 is 23.5 Å². The maximum absolute atomic E-state index is 14.7. The molecule has 386 valence electrons. The Hall–Kier alpha value is -6.70. The van der Waals surface area contributed by atoms with Crippen molar-refractivity contribution in [2.24, 2.45) is 5.92 Å². The van der Waals surface area contributed by atoms with E-state index in [0.717, 1.165) is 33.4 Å². The van der Waals surface area contributed by atoms with E-state index >= 15 is 0 Å². The molecule has 74 heavy (non-hydrogen) atoms. The van der Waals surface area contributed by atoms with Gasteiger partial charge >= 0.3 is 5.97 Å². The Bertz CT molecular complexity index is 2500. The number of hydrogen-bond acceptors (Lipinski definition) is 9. The highest BCUT2D eigenvalue weighted by Crippen LogP contribution is 2.50. The number of allylic oxidation sites excluding steroid dienone is 1. The lowest BCUT2D eigenvalue weighted by atomic mass is 9.84. The van der Waals surface area contributed by atoms with Crippen LogP contribution in [0.3, 0.4) is 0 Å². The second-order valence-corrected chi connectivity index (χ2v) is 20.8. The summed E-state index contributed by atoms with van der Waals surface area (Å²) in [6.07, 6.45) is 3.03. The minimum absolute atomic E-state index is 0.0197. The number of rotatable bonds is 28. The van der Waals surface area contributed by atoms with Gasteiger partial charge < -0.3 is 30.9 Å². The molecule has 6 atom stereocenters. The molecule has 0 aliphatic carbocycles. The van der Waals surface area contributed by atoms with E-state index in [1.165, 1.54) is 24.8 Å². The number of carbonyl (C=O) groups is 4. The molecule has 12 heteroatoms. The summed E-state index contributed by atoms with van der Waals surface area (Å²) in [5.74, 6) is -1.92. The number of hydrogen-bond donors (Lipinski definition) is 5. The molecule has 3 amide bonds. The van der Waals surface area contributed by atoms with Crippen molar-refractivity contribution < 1.29 is 34.1 Å². The third-order valence-electron chi connectivity index (χ3n) is 13.0. The van der Waals surface area contributed by atoms with E-state index in [1.807, 2.05) is 129 Å². The number of aliphatic hydroxyl groups is 2. The lowest BCUT2D eigenvalue weighted by Crippen LogP contribution is -2.58. The van der Waals surface area contributed by atoms with Crippen molar-refractivity contribution >= 4 is 47.2 Å². The lowest BCUT2D eigenvalue weighted by Gasteiger charge is -2.37. The number of aliphatic hydroxyl groups excluding tert-OH is 2. The van der Waals surface area contributed by atoms with Crippen LogP contribution in [0.1, 0.15) is 79.8 Å². The Morgan fingerprint density at radius 3 is 1.42 bits per heavy atom. The van der Waals surface area contributed by atoms with Gasteiger partial charge in [-0.05, 0) is 58.4 Å². The lowest BCUT2D eigenvalue weighted by molar-refractivity contribution is -0.145. The minimum Gasteiger partial charge on any atom is -0.461 e. The molecule has 0 aliphatic rings. The third kappa shape index (κ3) is 15.0. The Morgan fingerprint density at radius 1 is 0.595 bits per heavy atom. The van der Waals surface area contributed by atoms with Gasteiger partial charge in [0.05, 0.1) is 40.6 Å². The summed E-state index contributed by atoms with van der Waals surface area (Å²) in [4.78, 5) is 55.0. The van der Waals surface area contributed by atoms with Crippen molar-refractivity contribution in [3.05, 3.63) is 240 Å². The highest BCUT2D eigenvalue weighted by molar-refractivity contribution is 8.00. The molecule has 6 aromatic carbocycles. The molecule has 0 saturated heterocycles. The standard InChI is InChI=1S/C62H69N3O7S2/c1-5-40-72-57(69)43-55(67)58(45(3)6-2)65-60(71)54(44-74-62(50-33-19-10-20-34-50,51-35-21-11-22-36-51)52-37-23-12-24-38-52)64-59(70)46(4)63-56(68)42-53(66)39-25-26-41-73-61(47-27-13-7-14-28-47,48-29-15-8-16-30-48)49-31-17-9-18-32-49/h5,7-25,27-39,45-46,53-55,58,66-67H,1,6,26,40-44H2,2-4H3,(H,63,68)(H,64,70)(H,65,71)/b39-25+/t45-,46-,53-,54-,55+,58-/m1/s1. The molecule has 0 fully saturated rings. The van der Waals surface area contributed by atoms with Crippen molar-refractivity contribution in [3.63, 3.8) is 0 Å². The van der Waals surface area contributed by atoms with Gasteiger partial charge in [-0.25, -0.2) is 0 Å². The first-order chi connectivity index (χ1) is 35.9. The van der Waals surface area contributed by atoms with Gasteiger partial charge in [0.15, 0.2) is 0 Å². The van der Waals surface area contributed by atoms with Crippen molar-refractivity contribution in [2.75, 3.05) is 18.1 Å². The van der Waals surface area contributed by atoms with Gasteiger partial charge in [0, 0.05) is 5.75 Å². The van der Waals surface area contributed by atoms with E-state index < -0.39 is 63.5 Å². The van der Waals surface area contributed by atoms with Crippen molar-refractivity contribution in [1.82, 2.24) is 16.0 Å². The van der Waals surface area contributed by atoms with Crippen LogP contribution in [0.5, 0.6) is 0 Å². The van der Waals surface area contributed by atoms with Crippen LogP contribution in [-0.4, -0.2) is 82.3 Å². The van der Waals surface area contributed by atoms with Crippen LogP contribution in [0.15, 0.2) is 207 Å². The topological polar surface area (TPSA) is 154 Å². The van der Waals surface area contributed by atoms with Gasteiger partial charge in [-0.2, -0.15) is 0 Å². The summed E-state index contributed by atoms with van der Waals surface area (Å²) in [5.41, 5.74) is 6.31. The van der Waals surface area contributed by atoms with E-state index in [9.17, 15) is 29.4 Å². The SMILES string of the molecule is C=CCOC(=O)C[C@H](O)[C@H](NC(=O)[C@@H](CSC(c1ccccc1)(c1ccccc1)c1ccccc1)NC(=O)[C@@H](C)NC(=O)C[C@H](O)/C=C/CCSC(c1ccccc1)(c1ccccc1)c1ccccc1)[C@H](C)CC. The maximum Gasteiger partial charge on any atom is 0.308 e. The zero-order valence-electron chi connectivity index (χ0n) is 42.4. The smallest absolute Gasteiger partial charge is 0.308 e. The van der Waals surface area contributed by atoms with Crippen molar-refractivity contribution in [2.45, 2.75) is 86.3 Å². The highest BCUT2D eigenvalue weighted by atomic mass is 32.2. The monoisotopic (exact) mass is 1030 g/mol. The largest absolute Gasteiger partial charge is 0.461 e. The van der Waals surface area contributed by atoms with E-state index in [0.29, 0.717) is 18.6 Å². The second-order valence-electron chi connectivity index (χ2n) is 18.2. The van der Waals surface area contributed by atoms with Crippen LogP contribution in [-0.2, 0) is 33.4 Å². The first-order valence-electron chi connectivity index (χ1n) is 25.2. The molecule has 6 aromatic rings. The summed E-state index contributed by atoms with van der Waals surface area (Å²) in [7, 11) is 0. The average Bonchev–Trinajstić information content (AvgIpc) is 3.44. The molecule has 0 unspecified atom stereocenters. The number of thioether (sulfide) groups is 2. The van der Waals surface area contributed by atoms with Crippen LogP contribution in [0.25, 0.3) is 0 Å². The zero-order valence-corrected chi connectivity index (χ0v) is 44.1.